The van der Waals surface area contributed by atoms with Gasteiger partial charge in [-0.25, -0.2) is 0 Å². The Morgan fingerprint density at radius 1 is 0.967 bits per heavy atom. The molecule has 0 fully saturated rings. The summed E-state index contributed by atoms with van der Waals surface area (Å²) < 4.78 is 5.52. The molecule has 0 unspecified atom stereocenters. The number of carbonyl (C=O) groups excluding carboxylic acids is 3. The Bertz CT molecular complexity index is 966. The molecule has 2 N–H and O–H groups in total. The lowest BCUT2D eigenvalue weighted by Gasteiger charge is -2.16. The van der Waals surface area contributed by atoms with E-state index in [4.69, 9.17) is 4.74 Å². The van der Waals surface area contributed by atoms with Crippen LogP contribution >= 0.6 is 0 Å². The highest BCUT2D eigenvalue weighted by molar-refractivity contribution is 6.36. The van der Waals surface area contributed by atoms with Gasteiger partial charge in [0.2, 0.25) is 5.91 Å². The third-order valence-corrected chi connectivity index (χ3v) is 4.47. The zero-order chi connectivity index (χ0) is 21.7. The van der Waals surface area contributed by atoms with Crippen molar-refractivity contribution in [2.75, 3.05) is 23.8 Å². The smallest absolute Gasteiger partial charge is 0.278 e. The fourth-order valence-corrected chi connectivity index (χ4v) is 3.13. The lowest BCUT2D eigenvalue weighted by atomic mass is 10.0. The van der Waals surface area contributed by atoms with Gasteiger partial charge in [-0.05, 0) is 43.7 Å². The molecular weight excluding hydrogens is 382 g/mol. The van der Waals surface area contributed by atoms with Crippen LogP contribution in [0, 0.1) is 0 Å². The van der Waals surface area contributed by atoms with Gasteiger partial charge in [0.1, 0.15) is 5.70 Å². The van der Waals surface area contributed by atoms with Crippen molar-refractivity contribution in [3.8, 4) is 0 Å². The standard InChI is InChI=1S/C23H25N3O4/c1-15(2)30-14-13-26-22(28)20(17-9-11-19(12-10-17)24-16(3)27)21(23(26)29)25-18-7-5-4-6-8-18/h4-12,15,25H,13-14H2,1-3H3,(H,24,27). The average Bonchev–Trinajstić information content (AvgIpc) is 2.93. The number of hydrogen-bond acceptors (Lipinski definition) is 5. The van der Waals surface area contributed by atoms with Crippen LogP contribution in [0.15, 0.2) is 60.3 Å². The Balaban J connectivity index is 1.93. The Morgan fingerprint density at radius 3 is 2.23 bits per heavy atom. The zero-order valence-corrected chi connectivity index (χ0v) is 17.3. The van der Waals surface area contributed by atoms with Crippen LogP contribution in [0.5, 0.6) is 0 Å². The minimum atomic E-state index is -0.392. The fraction of sp³-hybridized carbons (Fsp3) is 0.261. The molecule has 0 saturated heterocycles. The molecular formula is C23H25N3O4. The van der Waals surface area contributed by atoms with E-state index >= 15 is 0 Å². The Hall–Kier alpha value is -3.45. The molecule has 3 amide bonds. The molecule has 2 aromatic rings. The highest BCUT2D eigenvalue weighted by Gasteiger charge is 2.39. The molecule has 0 aliphatic carbocycles. The molecule has 3 rings (SSSR count). The van der Waals surface area contributed by atoms with Crippen LogP contribution in [0.2, 0.25) is 0 Å². The van der Waals surface area contributed by atoms with Crippen molar-refractivity contribution in [2.24, 2.45) is 0 Å². The van der Waals surface area contributed by atoms with Crippen LogP contribution in [0.4, 0.5) is 11.4 Å². The van der Waals surface area contributed by atoms with E-state index in [1.807, 2.05) is 44.2 Å². The quantitative estimate of drug-likeness (QED) is 0.656. The molecule has 0 saturated carbocycles. The molecule has 0 atom stereocenters. The number of amides is 3. The number of carbonyl (C=O) groups is 3. The van der Waals surface area contributed by atoms with Gasteiger partial charge in [-0.15, -0.1) is 0 Å². The summed E-state index contributed by atoms with van der Waals surface area (Å²) in [7, 11) is 0. The van der Waals surface area contributed by atoms with E-state index < -0.39 is 5.91 Å². The monoisotopic (exact) mass is 407 g/mol. The summed E-state index contributed by atoms with van der Waals surface area (Å²) in [6.45, 7) is 5.66. The van der Waals surface area contributed by atoms with Crippen molar-refractivity contribution >= 4 is 34.7 Å². The van der Waals surface area contributed by atoms with Crippen LogP contribution < -0.4 is 10.6 Å². The number of benzene rings is 2. The molecule has 0 aromatic heterocycles. The van der Waals surface area contributed by atoms with E-state index in [1.165, 1.54) is 11.8 Å². The first-order valence-corrected chi connectivity index (χ1v) is 9.79. The van der Waals surface area contributed by atoms with Crippen molar-refractivity contribution in [1.29, 1.82) is 0 Å². The maximum absolute atomic E-state index is 13.1. The van der Waals surface area contributed by atoms with Gasteiger partial charge in [0.15, 0.2) is 0 Å². The van der Waals surface area contributed by atoms with E-state index in [-0.39, 0.29) is 36.8 Å². The number of ether oxygens (including phenoxy) is 1. The second-order valence-corrected chi connectivity index (χ2v) is 7.18. The molecule has 0 radical (unpaired) electrons. The topological polar surface area (TPSA) is 87.7 Å². The molecule has 0 bridgehead atoms. The summed E-state index contributed by atoms with van der Waals surface area (Å²) in [5, 5.41) is 5.79. The molecule has 1 aliphatic rings. The predicted molar refractivity (Wildman–Crippen MR) is 116 cm³/mol. The molecule has 2 aromatic carbocycles. The zero-order valence-electron chi connectivity index (χ0n) is 17.3. The van der Waals surface area contributed by atoms with E-state index in [2.05, 4.69) is 10.6 Å². The minimum Gasteiger partial charge on any atom is -0.377 e. The van der Waals surface area contributed by atoms with Crippen LogP contribution in [-0.4, -0.2) is 41.9 Å². The molecule has 30 heavy (non-hydrogen) atoms. The molecule has 7 nitrogen and oxygen atoms in total. The van der Waals surface area contributed by atoms with Crippen molar-refractivity contribution in [3.05, 3.63) is 65.9 Å². The maximum atomic E-state index is 13.1. The third-order valence-electron chi connectivity index (χ3n) is 4.47. The first kappa shape index (κ1) is 21.3. The van der Waals surface area contributed by atoms with Crippen LogP contribution in [-0.2, 0) is 19.1 Å². The van der Waals surface area contributed by atoms with Crippen molar-refractivity contribution in [3.63, 3.8) is 0 Å². The SMILES string of the molecule is CC(=O)Nc1ccc(C2=C(Nc3ccccc3)C(=O)N(CCOC(C)C)C2=O)cc1. The number of para-hydroxylation sites is 1. The molecule has 156 valence electrons. The number of rotatable bonds is 8. The van der Waals surface area contributed by atoms with E-state index in [1.54, 1.807) is 24.3 Å². The van der Waals surface area contributed by atoms with E-state index in [0.717, 1.165) is 0 Å². The Labute approximate surface area is 175 Å². The molecule has 0 spiro atoms. The third kappa shape index (κ3) is 4.93. The average molecular weight is 407 g/mol. The van der Waals surface area contributed by atoms with E-state index in [0.29, 0.717) is 22.5 Å². The van der Waals surface area contributed by atoms with Gasteiger partial charge in [0, 0.05) is 18.3 Å². The number of anilines is 2. The van der Waals surface area contributed by atoms with Gasteiger partial charge in [-0.2, -0.15) is 0 Å². The minimum absolute atomic E-state index is 0.00784. The predicted octanol–water partition coefficient (Wildman–Crippen LogP) is 3.26. The largest absolute Gasteiger partial charge is 0.377 e. The summed E-state index contributed by atoms with van der Waals surface area (Å²) in [6.07, 6.45) is 0.00784. The molecule has 1 aliphatic heterocycles. The number of nitrogens with one attached hydrogen (secondary N) is 2. The van der Waals surface area contributed by atoms with Crippen LogP contribution in [0.1, 0.15) is 26.3 Å². The summed E-state index contributed by atoms with van der Waals surface area (Å²) in [4.78, 5) is 38.6. The van der Waals surface area contributed by atoms with Crippen LogP contribution in [0.3, 0.4) is 0 Å². The van der Waals surface area contributed by atoms with Gasteiger partial charge in [-0.3, -0.25) is 19.3 Å². The molecule has 1 heterocycles. The summed E-state index contributed by atoms with van der Waals surface area (Å²) >= 11 is 0. The summed E-state index contributed by atoms with van der Waals surface area (Å²) in [6, 6.07) is 16.1. The summed E-state index contributed by atoms with van der Waals surface area (Å²) in [5.41, 5.74) is 2.43. The second kappa shape index (κ2) is 9.37. The highest BCUT2D eigenvalue weighted by atomic mass is 16.5. The highest BCUT2D eigenvalue weighted by Crippen LogP contribution is 2.31. The lowest BCUT2D eigenvalue weighted by molar-refractivity contribution is -0.138. The van der Waals surface area contributed by atoms with Crippen LogP contribution in [0.25, 0.3) is 5.57 Å². The Morgan fingerprint density at radius 2 is 1.63 bits per heavy atom. The maximum Gasteiger partial charge on any atom is 0.278 e. The number of imide groups is 1. The van der Waals surface area contributed by atoms with E-state index in [9.17, 15) is 14.4 Å². The van der Waals surface area contributed by atoms with Gasteiger partial charge < -0.3 is 15.4 Å². The normalized spacial score (nSPS) is 13.9. The summed E-state index contributed by atoms with van der Waals surface area (Å²) in [5.74, 6) is -0.952. The van der Waals surface area contributed by atoms with Gasteiger partial charge in [0.25, 0.3) is 11.8 Å². The number of nitrogens with zero attached hydrogens (tertiary/aromatic N) is 1. The first-order valence-electron chi connectivity index (χ1n) is 9.79. The van der Waals surface area contributed by atoms with Crippen molar-refractivity contribution in [2.45, 2.75) is 26.9 Å². The number of hydrogen-bond donors (Lipinski definition) is 2. The van der Waals surface area contributed by atoms with Gasteiger partial charge in [0.05, 0.1) is 24.8 Å². The van der Waals surface area contributed by atoms with Gasteiger partial charge in [-0.1, -0.05) is 30.3 Å². The Kier molecular flexibility index (Phi) is 6.64. The lowest BCUT2D eigenvalue weighted by Crippen LogP contribution is -2.35. The first-order chi connectivity index (χ1) is 14.4. The van der Waals surface area contributed by atoms with Crippen molar-refractivity contribution in [1.82, 2.24) is 4.90 Å². The van der Waals surface area contributed by atoms with Gasteiger partial charge >= 0.3 is 0 Å². The molecule has 7 heteroatoms. The second-order valence-electron chi connectivity index (χ2n) is 7.18. The fourth-order valence-electron chi connectivity index (χ4n) is 3.13. The van der Waals surface area contributed by atoms with Crippen molar-refractivity contribution < 1.29 is 19.1 Å².